The second-order valence-corrected chi connectivity index (χ2v) is 10.3. The minimum atomic E-state index is -0.599. The quantitative estimate of drug-likeness (QED) is 0.559. The summed E-state index contributed by atoms with van der Waals surface area (Å²) >= 11 is 0. The van der Waals surface area contributed by atoms with Crippen molar-refractivity contribution in [1.82, 2.24) is 20.0 Å². The summed E-state index contributed by atoms with van der Waals surface area (Å²) in [5.74, 6) is -0.0288. The van der Waals surface area contributed by atoms with Gasteiger partial charge in [-0.25, -0.2) is 9.59 Å². The van der Waals surface area contributed by atoms with Crippen molar-refractivity contribution in [2.24, 2.45) is 0 Å². The highest BCUT2D eigenvalue weighted by atomic mass is 16.5. The molecule has 202 valence electrons. The number of nitrogens with one attached hydrogen (secondary N) is 1. The fourth-order valence-corrected chi connectivity index (χ4v) is 4.92. The van der Waals surface area contributed by atoms with Crippen LogP contribution in [0.3, 0.4) is 0 Å². The number of amides is 3. The Balaban J connectivity index is 1.56. The number of nitrogens with zero attached hydrogens (tertiary/aromatic N) is 3. The second kappa shape index (κ2) is 11.8. The molecule has 0 radical (unpaired) electrons. The molecule has 0 saturated carbocycles. The van der Waals surface area contributed by atoms with E-state index in [0.29, 0.717) is 55.5 Å². The molecular formula is C30H38N4O4. The normalized spacial score (nSPS) is 18.6. The van der Waals surface area contributed by atoms with Crippen molar-refractivity contribution >= 4 is 17.9 Å². The smallest absolute Gasteiger partial charge is 0.338 e. The maximum atomic E-state index is 13.3. The summed E-state index contributed by atoms with van der Waals surface area (Å²) in [7, 11) is 1.68. The van der Waals surface area contributed by atoms with Crippen molar-refractivity contribution in [3.63, 3.8) is 0 Å². The molecule has 0 spiro atoms. The SMILES string of the molecule is CCOC(=O)C1=C(CN2CCN(C(=O)c3ccc(C)cc3)CC2)N(C)C(=O)N[C@H]1c1ccc(C(C)C)cc1. The van der Waals surface area contributed by atoms with Gasteiger partial charge in [0.05, 0.1) is 18.2 Å². The highest BCUT2D eigenvalue weighted by Gasteiger charge is 2.37. The van der Waals surface area contributed by atoms with E-state index in [1.807, 2.05) is 60.4 Å². The largest absolute Gasteiger partial charge is 0.463 e. The van der Waals surface area contributed by atoms with Gasteiger partial charge in [-0.05, 0) is 43.0 Å². The van der Waals surface area contributed by atoms with Crippen LogP contribution in [0.15, 0.2) is 59.8 Å². The first-order valence-corrected chi connectivity index (χ1v) is 13.3. The molecule has 4 rings (SSSR count). The first kappa shape index (κ1) is 27.4. The Hall–Kier alpha value is -3.65. The average molecular weight is 519 g/mol. The molecular weight excluding hydrogens is 480 g/mol. The van der Waals surface area contributed by atoms with Crippen LogP contribution in [0, 0.1) is 6.92 Å². The molecule has 2 aromatic rings. The Kier molecular flexibility index (Phi) is 8.52. The van der Waals surface area contributed by atoms with E-state index in [-0.39, 0.29) is 18.5 Å². The van der Waals surface area contributed by atoms with Crippen LogP contribution in [0.5, 0.6) is 0 Å². The molecule has 2 aliphatic heterocycles. The summed E-state index contributed by atoms with van der Waals surface area (Å²) in [5.41, 5.74) is 4.91. The van der Waals surface area contributed by atoms with Crippen LogP contribution in [-0.4, -0.2) is 79.0 Å². The van der Waals surface area contributed by atoms with Gasteiger partial charge < -0.3 is 15.0 Å². The molecule has 0 aromatic heterocycles. The van der Waals surface area contributed by atoms with E-state index in [1.165, 1.54) is 10.5 Å². The van der Waals surface area contributed by atoms with Crippen LogP contribution in [0.2, 0.25) is 0 Å². The molecule has 1 N–H and O–H groups in total. The molecule has 0 unspecified atom stereocenters. The monoisotopic (exact) mass is 518 g/mol. The average Bonchev–Trinajstić information content (AvgIpc) is 2.91. The number of hydrogen-bond donors (Lipinski definition) is 1. The summed E-state index contributed by atoms with van der Waals surface area (Å²) in [6.45, 7) is 11.1. The van der Waals surface area contributed by atoms with Crippen LogP contribution in [-0.2, 0) is 9.53 Å². The van der Waals surface area contributed by atoms with E-state index in [0.717, 1.165) is 11.1 Å². The third-order valence-electron chi connectivity index (χ3n) is 7.34. The molecule has 2 aliphatic rings. The fourth-order valence-electron chi connectivity index (χ4n) is 4.92. The Morgan fingerprint density at radius 2 is 1.63 bits per heavy atom. The number of ether oxygens (including phenoxy) is 1. The maximum absolute atomic E-state index is 13.3. The Bertz CT molecular complexity index is 1200. The van der Waals surface area contributed by atoms with Gasteiger partial charge in [-0.15, -0.1) is 0 Å². The molecule has 1 saturated heterocycles. The zero-order chi connectivity index (χ0) is 27.4. The Morgan fingerprint density at radius 3 is 2.21 bits per heavy atom. The molecule has 8 heteroatoms. The Morgan fingerprint density at radius 1 is 1.00 bits per heavy atom. The first-order valence-electron chi connectivity index (χ1n) is 13.3. The summed E-state index contributed by atoms with van der Waals surface area (Å²) in [6, 6.07) is 14.8. The lowest BCUT2D eigenvalue weighted by Gasteiger charge is -2.39. The summed E-state index contributed by atoms with van der Waals surface area (Å²) in [6.07, 6.45) is 0. The number of rotatable bonds is 7. The highest BCUT2D eigenvalue weighted by Crippen LogP contribution is 2.32. The third kappa shape index (κ3) is 5.91. The molecule has 38 heavy (non-hydrogen) atoms. The zero-order valence-electron chi connectivity index (χ0n) is 23.0. The van der Waals surface area contributed by atoms with E-state index in [1.54, 1.807) is 14.0 Å². The van der Waals surface area contributed by atoms with Crippen molar-refractivity contribution in [2.45, 2.75) is 39.7 Å². The van der Waals surface area contributed by atoms with Crippen LogP contribution in [0.1, 0.15) is 59.8 Å². The molecule has 1 atom stereocenters. The van der Waals surface area contributed by atoms with Gasteiger partial charge in [0.1, 0.15) is 0 Å². The first-order chi connectivity index (χ1) is 18.2. The van der Waals surface area contributed by atoms with Gasteiger partial charge in [-0.1, -0.05) is 55.8 Å². The molecule has 8 nitrogen and oxygen atoms in total. The van der Waals surface area contributed by atoms with Gasteiger partial charge in [0.25, 0.3) is 5.91 Å². The van der Waals surface area contributed by atoms with Crippen molar-refractivity contribution in [2.75, 3.05) is 46.4 Å². The van der Waals surface area contributed by atoms with E-state index in [9.17, 15) is 14.4 Å². The minimum Gasteiger partial charge on any atom is -0.463 e. The highest BCUT2D eigenvalue weighted by molar-refractivity contribution is 5.95. The molecule has 0 bridgehead atoms. The van der Waals surface area contributed by atoms with Crippen molar-refractivity contribution in [1.29, 1.82) is 0 Å². The number of benzene rings is 2. The summed E-state index contributed by atoms with van der Waals surface area (Å²) < 4.78 is 5.46. The van der Waals surface area contributed by atoms with Gasteiger partial charge in [0, 0.05) is 51.0 Å². The fraction of sp³-hybridized carbons (Fsp3) is 0.433. The van der Waals surface area contributed by atoms with Crippen molar-refractivity contribution < 1.29 is 19.1 Å². The molecule has 2 heterocycles. The number of carbonyl (C=O) groups excluding carboxylic acids is 3. The zero-order valence-corrected chi connectivity index (χ0v) is 23.0. The van der Waals surface area contributed by atoms with E-state index >= 15 is 0 Å². The van der Waals surface area contributed by atoms with E-state index < -0.39 is 12.0 Å². The Labute approximate surface area is 225 Å². The van der Waals surface area contributed by atoms with E-state index in [4.69, 9.17) is 4.74 Å². The second-order valence-electron chi connectivity index (χ2n) is 10.3. The van der Waals surface area contributed by atoms with Crippen molar-refractivity contribution in [3.05, 3.63) is 82.1 Å². The third-order valence-corrected chi connectivity index (χ3v) is 7.34. The lowest BCUT2D eigenvalue weighted by Crippen LogP contribution is -2.53. The number of piperazine rings is 1. The maximum Gasteiger partial charge on any atom is 0.338 e. The van der Waals surface area contributed by atoms with Gasteiger partial charge in [0.15, 0.2) is 0 Å². The molecule has 2 aromatic carbocycles. The topological polar surface area (TPSA) is 82.2 Å². The molecule has 1 fully saturated rings. The number of hydrogen-bond acceptors (Lipinski definition) is 5. The summed E-state index contributed by atoms with van der Waals surface area (Å²) in [5, 5.41) is 2.99. The lowest BCUT2D eigenvalue weighted by molar-refractivity contribution is -0.139. The van der Waals surface area contributed by atoms with E-state index in [2.05, 4.69) is 24.1 Å². The molecule has 3 amide bonds. The van der Waals surface area contributed by atoms with Gasteiger partial charge >= 0.3 is 12.0 Å². The number of carbonyl (C=O) groups is 3. The number of aryl methyl sites for hydroxylation is 1. The van der Waals surface area contributed by atoms with Crippen LogP contribution in [0.4, 0.5) is 4.79 Å². The summed E-state index contributed by atoms with van der Waals surface area (Å²) in [4.78, 5) is 44.8. The van der Waals surface area contributed by atoms with Crippen molar-refractivity contribution in [3.8, 4) is 0 Å². The number of esters is 1. The minimum absolute atomic E-state index is 0.0233. The number of likely N-dealkylation sites (N-methyl/N-ethyl adjacent to an activating group) is 1. The molecule has 0 aliphatic carbocycles. The standard InChI is InChI=1S/C30H38N4O4/c1-6-38-29(36)26-25(32(5)30(37)31-27(26)23-13-11-22(12-14-23)20(2)3)19-33-15-17-34(18-16-33)28(35)24-9-7-21(4)8-10-24/h7-14,20,27H,6,15-19H2,1-5H3,(H,31,37)/t27-/m0/s1. The number of urea groups is 1. The predicted octanol–water partition coefficient (Wildman–Crippen LogP) is 4.09. The van der Waals surface area contributed by atoms with Gasteiger partial charge in [-0.2, -0.15) is 0 Å². The predicted molar refractivity (Wildman–Crippen MR) is 147 cm³/mol. The van der Waals surface area contributed by atoms with Gasteiger partial charge in [0.2, 0.25) is 0 Å². The van der Waals surface area contributed by atoms with Crippen LogP contribution < -0.4 is 5.32 Å². The lowest BCUT2D eigenvalue weighted by atomic mass is 9.92. The van der Waals surface area contributed by atoms with Gasteiger partial charge in [-0.3, -0.25) is 14.6 Å². The van der Waals surface area contributed by atoms with Crippen LogP contribution in [0.25, 0.3) is 0 Å². The van der Waals surface area contributed by atoms with Crippen LogP contribution >= 0.6 is 0 Å².